The average Bonchev–Trinajstić information content (AvgIpc) is 2.96. The number of likely N-dealkylation sites (tertiary alicyclic amines) is 1. The molecule has 2 atom stereocenters. The van der Waals surface area contributed by atoms with Crippen LogP contribution in [0.25, 0.3) is 0 Å². The van der Waals surface area contributed by atoms with Gasteiger partial charge in [-0.25, -0.2) is 0 Å². The van der Waals surface area contributed by atoms with E-state index in [4.69, 9.17) is 5.73 Å². The van der Waals surface area contributed by atoms with E-state index >= 15 is 0 Å². The van der Waals surface area contributed by atoms with Crippen molar-refractivity contribution >= 4 is 15.9 Å². The van der Waals surface area contributed by atoms with Gasteiger partial charge in [0, 0.05) is 29.6 Å². The molecule has 2 N–H and O–H groups in total. The summed E-state index contributed by atoms with van der Waals surface area (Å²) in [6, 6.07) is 9.27. The minimum atomic E-state index is 0.144. The second-order valence-corrected chi connectivity index (χ2v) is 6.83. The largest absolute Gasteiger partial charge is 0.324 e. The van der Waals surface area contributed by atoms with Gasteiger partial charge in [0.25, 0.3) is 0 Å². The van der Waals surface area contributed by atoms with Crippen LogP contribution >= 0.6 is 15.9 Å². The number of likely N-dealkylation sites (N-methyl/N-ethyl adjacent to an activating group) is 1. The molecular formula is C17H28BrN3. The summed E-state index contributed by atoms with van der Waals surface area (Å²) in [7, 11) is 0. The molecule has 0 bridgehead atoms. The Bertz CT molecular complexity index is 417. The Morgan fingerprint density at radius 2 is 1.95 bits per heavy atom. The summed E-state index contributed by atoms with van der Waals surface area (Å²) in [6.45, 7) is 10.4. The highest BCUT2D eigenvalue weighted by Crippen LogP contribution is 2.20. The maximum absolute atomic E-state index is 6.32. The molecule has 118 valence electrons. The first-order valence-electron chi connectivity index (χ1n) is 8.11. The van der Waals surface area contributed by atoms with E-state index in [1.807, 2.05) is 0 Å². The fraction of sp³-hybridized carbons (Fsp3) is 0.647. The third-order valence-electron chi connectivity index (χ3n) is 4.63. The molecule has 1 saturated heterocycles. The van der Waals surface area contributed by atoms with Gasteiger partial charge in [0.2, 0.25) is 0 Å². The van der Waals surface area contributed by atoms with Crippen LogP contribution in [0.5, 0.6) is 0 Å². The topological polar surface area (TPSA) is 32.5 Å². The molecule has 0 aromatic heterocycles. The van der Waals surface area contributed by atoms with Crippen molar-refractivity contribution in [3.05, 3.63) is 34.3 Å². The number of halogens is 1. The zero-order chi connectivity index (χ0) is 15.2. The molecule has 0 amide bonds. The highest BCUT2D eigenvalue weighted by atomic mass is 79.9. The number of hydrogen-bond acceptors (Lipinski definition) is 3. The Morgan fingerprint density at radius 1 is 1.29 bits per heavy atom. The van der Waals surface area contributed by atoms with Crippen molar-refractivity contribution in [3.8, 4) is 0 Å². The third-order valence-corrected chi connectivity index (χ3v) is 5.16. The molecule has 2 unspecified atom stereocenters. The minimum absolute atomic E-state index is 0.144. The lowest BCUT2D eigenvalue weighted by Gasteiger charge is -2.26. The van der Waals surface area contributed by atoms with E-state index < -0.39 is 0 Å². The third kappa shape index (κ3) is 4.78. The van der Waals surface area contributed by atoms with Crippen LogP contribution in [0, 0.1) is 0 Å². The van der Waals surface area contributed by atoms with Gasteiger partial charge < -0.3 is 10.6 Å². The van der Waals surface area contributed by atoms with Crippen LogP contribution in [0.4, 0.5) is 0 Å². The summed E-state index contributed by atoms with van der Waals surface area (Å²) in [4.78, 5) is 5.15. The van der Waals surface area contributed by atoms with Crippen molar-refractivity contribution < 1.29 is 0 Å². The van der Waals surface area contributed by atoms with E-state index in [1.54, 1.807) is 0 Å². The molecule has 0 radical (unpaired) electrons. The number of benzene rings is 1. The fourth-order valence-corrected chi connectivity index (χ4v) is 3.52. The lowest BCUT2D eigenvalue weighted by atomic mass is 10.0. The maximum Gasteiger partial charge on any atom is 0.0307 e. The molecule has 21 heavy (non-hydrogen) atoms. The van der Waals surface area contributed by atoms with E-state index in [0.717, 1.165) is 36.6 Å². The Morgan fingerprint density at radius 3 is 2.57 bits per heavy atom. The lowest BCUT2D eigenvalue weighted by molar-refractivity contribution is 0.209. The summed E-state index contributed by atoms with van der Waals surface area (Å²) in [5, 5.41) is 0. The van der Waals surface area contributed by atoms with Gasteiger partial charge in [0.05, 0.1) is 0 Å². The van der Waals surface area contributed by atoms with E-state index in [0.29, 0.717) is 0 Å². The summed E-state index contributed by atoms with van der Waals surface area (Å²) in [5.74, 6) is 0. The Hall–Kier alpha value is -0.420. The zero-order valence-corrected chi connectivity index (χ0v) is 14.8. The van der Waals surface area contributed by atoms with Crippen LogP contribution < -0.4 is 5.73 Å². The lowest BCUT2D eigenvalue weighted by Crippen LogP contribution is -2.37. The van der Waals surface area contributed by atoms with Crippen LogP contribution in [-0.4, -0.2) is 48.6 Å². The Balaban J connectivity index is 1.77. The van der Waals surface area contributed by atoms with Gasteiger partial charge in [-0.2, -0.15) is 0 Å². The first-order chi connectivity index (χ1) is 10.1. The molecule has 1 aliphatic heterocycles. The van der Waals surface area contributed by atoms with E-state index in [9.17, 15) is 0 Å². The van der Waals surface area contributed by atoms with Crippen molar-refractivity contribution in [1.82, 2.24) is 9.80 Å². The fourth-order valence-electron chi connectivity index (χ4n) is 3.25. The smallest absolute Gasteiger partial charge is 0.0307 e. The SMILES string of the molecule is CCN(CC)C1CCN(CCC(N)c2ccc(Br)cc2)C1. The van der Waals surface area contributed by atoms with E-state index in [1.165, 1.54) is 25.1 Å². The monoisotopic (exact) mass is 353 g/mol. The molecule has 3 nitrogen and oxygen atoms in total. The number of nitrogens with two attached hydrogens (primary N) is 1. The summed E-state index contributed by atoms with van der Waals surface area (Å²) in [6.07, 6.45) is 2.34. The first kappa shape index (κ1) is 16.9. The normalized spacial score (nSPS) is 21.1. The summed E-state index contributed by atoms with van der Waals surface area (Å²) < 4.78 is 1.11. The van der Waals surface area contributed by atoms with Crippen LogP contribution in [0.3, 0.4) is 0 Å². The van der Waals surface area contributed by atoms with Crippen LogP contribution in [0.2, 0.25) is 0 Å². The van der Waals surface area contributed by atoms with Crippen LogP contribution in [0.15, 0.2) is 28.7 Å². The zero-order valence-electron chi connectivity index (χ0n) is 13.3. The first-order valence-corrected chi connectivity index (χ1v) is 8.90. The molecule has 0 saturated carbocycles. The quantitative estimate of drug-likeness (QED) is 0.816. The van der Waals surface area contributed by atoms with Gasteiger partial charge in [-0.3, -0.25) is 4.90 Å². The molecule has 1 fully saturated rings. The second kappa shape index (κ2) is 8.28. The Labute approximate surface area is 137 Å². The second-order valence-electron chi connectivity index (χ2n) is 5.91. The number of hydrogen-bond donors (Lipinski definition) is 1. The van der Waals surface area contributed by atoms with Gasteiger partial charge >= 0.3 is 0 Å². The summed E-state index contributed by atoms with van der Waals surface area (Å²) >= 11 is 3.47. The Kier molecular flexibility index (Phi) is 6.68. The van der Waals surface area contributed by atoms with Gasteiger partial charge in [-0.15, -0.1) is 0 Å². The molecule has 0 spiro atoms. The molecule has 1 aromatic rings. The molecule has 1 aliphatic rings. The average molecular weight is 354 g/mol. The van der Waals surface area contributed by atoms with Crippen LogP contribution in [0.1, 0.15) is 38.3 Å². The van der Waals surface area contributed by atoms with Crippen LogP contribution in [-0.2, 0) is 0 Å². The molecule has 1 aromatic carbocycles. The molecule has 4 heteroatoms. The van der Waals surface area contributed by atoms with Crippen molar-refractivity contribution in [2.45, 2.75) is 38.8 Å². The summed E-state index contributed by atoms with van der Waals surface area (Å²) in [5.41, 5.74) is 7.55. The van der Waals surface area contributed by atoms with Gasteiger partial charge in [0.15, 0.2) is 0 Å². The predicted octanol–water partition coefficient (Wildman–Crippen LogP) is 3.26. The number of nitrogens with zero attached hydrogens (tertiary/aromatic N) is 2. The van der Waals surface area contributed by atoms with E-state index in [2.05, 4.69) is 63.8 Å². The van der Waals surface area contributed by atoms with Gasteiger partial charge in [0.1, 0.15) is 0 Å². The molecule has 0 aliphatic carbocycles. The number of rotatable bonds is 7. The van der Waals surface area contributed by atoms with Crippen molar-refractivity contribution in [2.75, 3.05) is 32.7 Å². The standard InChI is InChI=1S/C17H28BrN3/c1-3-21(4-2)16-9-11-20(13-16)12-10-17(19)14-5-7-15(18)8-6-14/h5-8,16-17H,3-4,9-13,19H2,1-2H3. The maximum atomic E-state index is 6.32. The van der Waals surface area contributed by atoms with Gasteiger partial charge in [-0.1, -0.05) is 41.9 Å². The van der Waals surface area contributed by atoms with Crippen molar-refractivity contribution in [2.24, 2.45) is 5.73 Å². The highest BCUT2D eigenvalue weighted by Gasteiger charge is 2.26. The molecular weight excluding hydrogens is 326 g/mol. The van der Waals surface area contributed by atoms with Gasteiger partial charge in [-0.05, 0) is 50.2 Å². The van der Waals surface area contributed by atoms with Crippen molar-refractivity contribution in [3.63, 3.8) is 0 Å². The molecule has 2 rings (SSSR count). The van der Waals surface area contributed by atoms with Crippen molar-refractivity contribution in [1.29, 1.82) is 0 Å². The van der Waals surface area contributed by atoms with E-state index in [-0.39, 0.29) is 6.04 Å². The highest BCUT2D eigenvalue weighted by molar-refractivity contribution is 9.10. The minimum Gasteiger partial charge on any atom is -0.324 e. The molecule has 1 heterocycles. The predicted molar refractivity (Wildman–Crippen MR) is 93.5 cm³/mol.